The molecular formula is C22H30N2O2. The molecule has 0 aliphatic rings. The van der Waals surface area contributed by atoms with Crippen molar-refractivity contribution in [2.45, 2.75) is 46.5 Å². The number of amides is 1. The van der Waals surface area contributed by atoms with E-state index < -0.39 is 0 Å². The molecule has 0 bridgehead atoms. The van der Waals surface area contributed by atoms with Crippen molar-refractivity contribution in [3.8, 4) is 5.75 Å². The SMILES string of the molecule is CCCCCCOc1cccc(NCC(=O)Nc2cc(C)ccc2C)c1. The number of rotatable bonds is 10. The lowest BCUT2D eigenvalue weighted by Crippen LogP contribution is -2.22. The largest absolute Gasteiger partial charge is 0.494 e. The minimum Gasteiger partial charge on any atom is -0.494 e. The van der Waals surface area contributed by atoms with Crippen molar-refractivity contribution in [3.05, 3.63) is 53.6 Å². The third-order valence-corrected chi connectivity index (χ3v) is 4.22. The Labute approximate surface area is 157 Å². The predicted molar refractivity (Wildman–Crippen MR) is 109 cm³/mol. The van der Waals surface area contributed by atoms with Gasteiger partial charge < -0.3 is 15.4 Å². The van der Waals surface area contributed by atoms with Crippen molar-refractivity contribution < 1.29 is 9.53 Å². The van der Waals surface area contributed by atoms with E-state index in [1.54, 1.807) is 0 Å². The molecule has 2 N–H and O–H groups in total. The minimum absolute atomic E-state index is 0.0652. The van der Waals surface area contributed by atoms with Gasteiger partial charge in [0.15, 0.2) is 0 Å². The molecule has 0 saturated heterocycles. The van der Waals surface area contributed by atoms with E-state index in [0.29, 0.717) is 0 Å². The minimum atomic E-state index is -0.0652. The number of carbonyl (C=O) groups is 1. The van der Waals surface area contributed by atoms with Crippen LogP contribution in [0.5, 0.6) is 5.75 Å². The molecule has 0 aliphatic heterocycles. The number of benzene rings is 2. The summed E-state index contributed by atoms with van der Waals surface area (Å²) in [4.78, 5) is 12.2. The van der Waals surface area contributed by atoms with Gasteiger partial charge in [0, 0.05) is 17.4 Å². The summed E-state index contributed by atoms with van der Waals surface area (Å²) in [6.07, 6.45) is 4.75. The summed E-state index contributed by atoms with van der Waals surface area (Å²) in [7, 11) is 0. The van der Waals surface area contributed by atoms with Crippen molar-refractivity contribution >= 4 is 17.3 Å². The zero-order chi connectivity index (χ0) is 18.8. The lowest BCUT2D eigenvalue weighted by Gasteiger charge is -2.12. The summed E-state index contributed by atoms with van der Waals surface area (Å²) in [5.41, 5.74) is 3.93. The van der Waals surface area contributed by atoms with Crippen molar-refractivity contribution in [2.75, 3.05) is 23.8 Å². The first-order chi connectivity index (χ1) is 12.6. The van der Waals surface area contributed by atoms with E-state index in [1.807, 2.05) is 56.3 Å². The number of ether oxygens (including phenoxy) is 1. The van der Waals surface area contributed by atoms with Gasteiger partial charge in [-0.25, -0.2) is 0 Å². The van der Waals surface area contributed by atoms with E-state index in [1.165, 1.54) is 19.3 Å². The molecule has 1 amide bonds. The Bertz CT molecular complexity index is 713. The van der Waals surface area contributed by atoms with Crippen molar-refractivity contribution in [2.24, 2.45) is 0 Å². The molecule has 2 aromatic rings. The summed E-state index contributed by atoms with van der Waals surface area (Å²) >= 11 is 0. The number of hydrogen-bond donors (Lipinski definition) is 2. The quantitative estimate of drug-likeness (QED) is 0.568. The van der Waals surface area contributed by atoms with Crippen molar-refractivity contribution in [1.82, 2.24) is 0 Å². The molecule has 0 aromatic heterocycles. The fourth-order valence-corrected chi connectivity index (χ4v) is 2.66. The van der Waals surface area contributed by atoms with Gasteiger partial charge in [-0.15, -0.1) is 0 Å². The molecule has 2 rings (SSSR count). The molecule has 0 spiro atoms. The number of unbranched alkanes of at least 4 members (excludes halogenated alkanes) is 3. The van der Waals surface area contributed by atoms with Gasteiger partial charge in [0.05, 0.1) is 13.2 Å². The molecular weight excluding hydrogens is 324 g/mol. The molecule has 0 radical (unpaired) electrons. The monoisotopic (exact) mass is 354 g/mol. The number of anilines is 2. The van der Waals surface area contributed by atoms with E-state index in [-0.39, 0.29) is 12.5 Å². The van der Waals surface area contributed by atoms with Gasteiger partial charge in [0.1, 0.15) is 5.75 Å². The molecule has 0 unspecified atom stereocenters. The summed E-state index contributed by atoms with van der Waals surface area (Å²) in [5, 5.41) is 6.11. The highest BCUT2D eigenvalue weighted by Crippen LogP contribution is 2.19. The van der Waals surface area contributed by atoms with Crippen LogP contribution in [0.3, 0.4) is 0 Å². The van der Waals surface area contributed by atoms with E-state index >= 15 is 0 Å². The average molecular weight is 354 g/mol. The van der Waals surface area contributed by atoms with Crippen LogP contribution < -0.4 is 15.4 Å². The zero-order valence-electron chi connectivity index (χ0n) is 16.1. The van der Waals surface area contributed by atoms with E-state index in [0.717, 1.165) is 41.3 Å². The fourth-order valence-electron chi connectivity index (χ4n) is 2.66. The van der Waals surface area contributed by atoms with Gasteiger partial charge in [-0.2, -0.15) is 0 Å². The van der Waals surface area contributed by atoms with Crippen LogP contribution in [0, 0.1) is 13.8 Å². The molecule has 140 valence electrons. The Morgan fingerprint density at radius 3 is 2.69 bits per heavy atom. The number of nitrogens with one attached hydrogen (secondary N) is 2. The topological polar surface area (TPSA) is 50.4 Å². The van der Waals surface area contributed by atoms with Gasteiger partial charge in [-0.1, -0.05) is 44.4 Å². The summed E-state index contributed by atoms with van der Waals surface area (Å²) in [6.45, 7) is 7.15. The Morgan fingerprint density at radius 1 is 1.04 bits per heavy atom. The number of aryl methyl sites for hydroxylation is 2. The summed E-state index contributed by atoms with van der Waals surface area (Å²) in [5.74, 6) is 0.769. The van der Waals surface area contributed by atoms with Crippen LogP contribution in [0.15, 0.2) is 42.5 Å². The lowest BCUT2D eigenvalue weighted by atomic mass is 10.1. The van der Waals surface area contributed by atoms with Crippen LogP contribution in [-0.2, 0) is 4.79 Å². The smallest absolute Gasteiger partial charge is 0.243 e. The third kappa shape index (κ3) is 6.79. The number of carbonyl (C=O) groups excluding carboxylic acids is 1. The Morgan fingerprint density at radius 2 is 1.88 bits per heavy atom. The second-order valence-electron chi connectivity index (χ2n) is 6.66. The highest BCUT2D eigenvalue weighted by Gasteiger charge is 2.05. The molecule has 0 aliphatic carbocycles. The van der Waals surface area contributed by atoms with Gasteiger partial charge in [-0.3, -0.25) is 4.79 Å². The first-order valence-corrected chi connectivity index (χ1v) is 9.42. The third-order valence-electron chi connectivity index (χ3n) is 4.22. The first-order valence-electron chi connectivity index (χ1n) is 9.42. The van der Waals surface area contributed by atoms with E-state index in [9.17, 15) is 4.79 Å². The van der Waals surface area contributed by atoms with Gasteiger partial charge in [0.25, 0.3) is 0 Å². The first kappa shape index (κ1) is 19.8. The summed E-state index contributed by atoms with van der Waals surface area (Å²) < 4.78 is 5.78. The summed E-state index contributed by atoms with van der Waals surface area (Å²) in [6, 6.07) is 13.8. The zero-order valence-corrected chi connectivity index (χ0v) is 16.1. The highest BCUT2D eigenvalue weighted by atomic mass is 16.5. The maximum absolute atomic E-state index is 12.2. The van der Waals surface area contributed by atoms with Crippen LogP contribution in [-0.4, -0.2) is 19.1 Å². The fraction of sp³-hybridized carbons (Fsp3) is 0.409. The maximum atomic E-state index is 12.2. The van der Waals surface area contributed by atoms with Crippen LogP contribution in [0.25, 0.3) is 0 Å². The maximum Gasteiger partial charge on any atom is 0.243 e. The Hall–Kier alpha value is -2.49. The van der Waals surface area contributed by atoms with Crippen LogP contribution in [0.4, 0.5) is 11.4 Å². The van der Waals surface area contributed by atoms with Crippen LogP contribution in [0.2, 0.25) is 0 Å². The standard InChI is InChI=1S/C22H30N2O2/c1-4-5-6-7-13-26-20-10-8-9-19(15-20)23-16-22(25)24-21-14-17(2)11-12-18(21)3/h8-12,14-15,23H,4-7,13,16H2,1-3H3,(H,24,25). The predicted octanol–water partition coefficient (Wildman–Crippen LogP) is 5.31. The molecule has 0 atom stereocenters. The molecule has 0 saturated carbocycles. The van der Waals surface area contributed by atoms with Crippen LogP contribution in [0.1, 0.15) is 43.7 Å². The molecule has 26 heavy (non-hydrogen) atoms. The van der Waals surface area contributed by atoms with E-state index in [2.05, 4.69) is 17.6 Å². The number of hydrogen-bond acceptors (Lipinski definition) is 3. The lowest BCUT2D eigenvalue weighted by molar-refractivity contribution is -0.114. The van der Waals surface area contributed by atoms with Crippen LogP contribution >= 0.6 is 0 Å². The van der Waals surface area contributed by atoms with Gasteiger partial charge in [0.2, 0.25) is 5.91 Å². The molecule has 2 aromatic carbocycles. The Balaban J connectivity index is 1.80. The average Bonchev–Trinajstić information content (AvgIpc) is 2.63. The molecule has 0 fully saturated rings. The van der Waals surface area contributed by atoms with Crippen molar-refractivity contribution in [3.63, 3.8) is 0 Å². The normalized spacial score (nSPS) is 10.4. The second-order valence-corrected chi connectivity index (χ2v) is 6.66. The molecule has 4 heteroatoms. The molecule has 4 nitrogen and oxygen atoms in total. The highest BCUT2D eigenvalue weighted by molar-refractivity contribution is 5.94. The molecule has 0 heterocycles. The van der Waals surface area contributed by atoms with E-state index in [4.69, 9.17) is 4.74 Å². The van der Waals surface area contributed by atoms with Gasteiger partial charge in [-0.05, 0) is 49.6 Å². The van der Waals surface area contributed by atoms with Crippen molar-refractivity contribution in [1.29, 1.82) is 0 Å². The second kappa shape index (κ2) is 10.5. The van der Waals surface area contributed by atoms with Gasteiger partial charge >= 0.3 is 0 Å². The Kier molecular flexibility index (Phi) is 8.00.